The Kier molecular flexibility index (Phi) is 2.32. The van der Waals surface area contributed by atoms with Crippen LogP contribution in [0.2, 0.25) is 0 Å². The van der Waals surface area contributed by atoms with Gasteiger partial charge in [0.15, 0.2) is 5.76 Å². The molecule has 1 fully saturated rings. The van der Waals surface area contributed by atoms with Crippen LogP contribution in [0, 0.1) is 18.8 Å². The van der Waals surface area contributed by atoms with Gasteiger partial charge in [0.05, 0.1) is 0 Å². The van der Waals surface area contributed by atoms with Crippen molar-refractivity contribution in [3.8, 4) is 0 Å². The van der Waals surface area contributed by atoms with Crippen LogP contribution < -0.4 is 0 Å². The van der Waals surface area contributed by atoms with Gasteiger partial charge in [-0.2, -0.15) is 0 Å². The van der Waals surface area contributed by atoms with Crippen molar-refractivity contribution in [2.75, 3.05) is 0 Å². The molecule has 0 bridgehead atoms. The number of ketones is 1. The molecule has 1 aliphatic carbocycles. The highest BCUT2D eigenvalue weighted by molar-refractivity contribution is 5.99. The lowest BCUT2D eigenvalue weighted by atomic mass is 9.99. The number of hydrogen-bond donors (Lipinski definition) is 0. The fraction of sp³-hybridized carbons (Fsp3) is 0.400. The Morgan fingerprint density at radius 2 is 2.18 bits per heavy atom. The molecule has 1 saturated carbocycles. The molecule has 1 atom stereocenters. The third kappa shape index (κ3) is 1.78. The van der Waals surface area contributed by atoms with Crippen LogP contribution in [0.15, 0.2) is 28.7 Å². The highest BCUT2D eigenvalue weighted by Crippen LogP contribution is 2.38. The van der Waals surface area contributed by atoms with Gasteiger partial charge >= 0.3 is 0 Å². The number of carbonyl (C=O) groups is 1. The lowest BCUT2D eigenvalue weighted by Crippen LogP contribution is -2.12. The van der Waals surface area contributed by atoms with E-state index in [1.165, 1.54) is 12.8 Å². The molecule has 17 heavy (non-hydrogen) atoms. The smallest absolute Gasteiger partial charge is 0.201 e. The minimum absolute atomic E-state index is 0.107. The summed E-state index contributed by atoms with van der Waals surface area (Å²) in [6, 6.07) is 7.87. The van der Waals surface area contributed by atoms with Crippen LogP contribution in [0.25, 0.3) is 11.0 Å². The molecule has 0 aliphatic heterocycles. The van der Waals surface area contributed by atoms with Gasteiger partial charge in [-0.1, -0.05) is 25.1 Å². The van der Waals surface area contributed by atoms with Crippen molar-refractivity contribution in [2.45, 2.75) is 26.7 Å². The van der Waals surface area contributed by atoms with Crippen LogP contribution in [0.4, 0.5) is 0 Å². The maximum atomic E-state index is 12.2. The van der Waals surface area contributed by atoms with E-state index in [2.05, 4.69) is 0 Å². The number of aryl methyl sites for hydroxylation is 1. The van der Waals surface area contributed by atoms with Gasteiger partial charge in [0.25, 0.3) is 0 Å². The first-order valence-corrected chi connectivity index (χ1v) is 6.20. The zero-order valence-electron chi connectivity index (χ0n) is 10.2. The summed E-state index contributed by atoms with van der Waals surface area (Å²) in [4.78, 5) is 12.2. The third-order valence-corrected chi connectivity index (χ3v) is 3.73. The van der Waals surface area contributed by atoms with Crippen LogP contribution >= 0.6 is 0 Å². The summed E-state index contributed by atoms with van der Waals surface area (Å²) in [7, 11) is 0. The van der Waals surface area contributed by atoms with E-state index < -0.39 is 0 Å². The summed E-state index contributed by atoms with van der Waals surface area (Å²) in [6.07, 6.45) is 2.37. The average Bonchev–Trinajstić information content (AvgIpc) is 3.07. The number of benzene rings is 1. The summed E-state index contributed by atoms with van der Waals surface area (Å²) < 4.78 is 5.71. The van der Waals surface area contributed by atoms with Gasteiger partial charge < -0.3 is 4.42 Å². The Morgan fingerprint density at radius 1 is 1.41 bits per heavy atom. The number of hydrogen-bond acceptors (Lipinski definition) is 2. The number of carbonyl (C=O) groups excluding carboxylic acids is 1. The maximum absolute atomic E-state index is 12.2. The second kappa shape index (κ2) is 3.73. The van der Waals surface area contributed by atoms with Crippen LogP contribution in [0.3, 0.4) is 0 Å². The monoisotopic (exact) mass is 228 g/mol. The first-order chi connectivity index (χ1) is 8.16. The van der Waals surface area contributed by atoms with Crippen molar-refractivity contribution in [1.82, 2.24) is 0 Å². The highest BCUT2D eigenvalue weighted by atomic mass is 16.3. The van der Waals surface area contributed by atoms with E-state index in [9.17, 15) is 4.79 Å². The Bertz CT molecular complexity index is 576. The molecule has 3 rings (SSSR count). The number of rotatable bonds is 3. The van der Waals surface area contributed by atoms with Crippen LogP contribution in [-0.4, -0.2) is 5.78 Å². The molecule has 88 valence electrons. The van der Waals surface area contributed by atoms with Crippen molar-refractivity contribution in [2.24, 2.45) is 11.8 Å². The lowest BCUT2D eigenvalue weighted by Gasteiger charge is -2.05. The third-order valence-electron chi connectivity index (χ3n) is 3.73. The van der Waals surface area contributed by atoms with Crippen LogP contribution in [0.5, 0.6) is 0 Å². The molecule has 2 aromatic rings. The molecule has 2 nitrogen and oxygen atoms in total. The Morgan fingerprint density at radius 3 is 2.82 bits per heavy atom. The van der Waals surface area contributed by atoms with Gasteiger partial charge in [-0.15, -0.1) is 0 Å². The van der Waals surface area contributed by atoms with Gasteiger partial charge in [-0.3, -0.25) is 4.79 Å². The van der Waals surface area contributed by atoms with Gasteiger partial charge in [-0.25, -0.2) is 0 Å². The standard InChI is InChI=1S/C15H16O2/c1-9-4-3-5-12-8-13(17-15(9)12)14(16)10(2)11-6-7-11/h3-5,8,10-11H,6-7H2,1-2H3. The molecule has 1 aromatic heterocycles. The Labute approximate surface area is 101 Å². The zero-order chi connectivity index (χ0) is 12.0. The molecule has 0 amide bonds. The minimum Gasteiger partial charge on any atom is -0.453 e. The summed E-state index contributed by atoms with van der Waals surface area (Å²) >= 11 is 0. The summed E-state index contributed by atoms with van der Waals surface area (Å²) in [5.41, 5.74) is 1.93. The zero-order valence-corrected chi connectivity index (χ0v) is 10.2. The van der Waals surface area contributed by atoms with Crippen molar-refractivity contribution in [3.05, 3.63) is 35.6 Å². The molecule has 1 aliphatic rings. The molecular formula is C15H16O2. The van der Waals surface area contributed by atoms with E-state index in [0.717, 1.165) is 16.5 Å². The Hall–Kier alpha value is -1.57. The Balaban J connectivity index is 2.00. The van der Waals surface area contributed by atoms with Gasteiger partial charge in [-0.05, 0) is 37.3 Å². The molecule has 1 unspecified atom stereocenters. The second-order valence-electron chi connectivity index (χ2n) is 5.09. The quantitative estimate of drug-likeness (QED) is 0.744. The number of furan rings is 1. The largest absolute Gasteiger partial charge is 0.453 e. The van der Waals surface area contributed by atoms with Gasteiger partial charge in [0.1, 0.15) is 5.58 Å². The van der Waals surface area contributed by atoms with E-state index in [4.69, 9.17) is 4.42 Å². The van der Waals surface area contributed by atoms with E-state index >= 15 is 0 Å². The predicted octanol–water partition coefficient (Wildman–Crippen LogP) is 3.97. The molecule has 0 N–H and O–H groups in total. The first kappa shape index (κ1) is 10.6. The SMILES string of the molecule is Cc1cccc2cc(C(=O)C(C)C3CC3)oc12. The summed E-state index contributed by atoms with van der Waals surface area (Å²) in [6.45, 7) is 4.02. The topological polar surface area (TPSA) is 30.2 Å². The summed E-state index contributed by atoms with van der Waals surface area (Å²) in [5.74, 6) is 1.37. The average molecular weight is 228 g/mol. The van der Waals surface area contributed by atoms with Crippen molar-refractivity contribution in [3.63, 3.8) is 0 Å². The highest BCUT2D eigenvalue weighted by Gasteiger charge is 2.34. The number of para-hydroxylation sites is 1. The van der Waals surface area contributed by atoms with Gasteiger partial charge in [0.2, 0.25) is 5.78 Å². The number of fused-ring (bicyclic) bond motifs is 1. The maximum Gasteiger partial charge on any atom is 0.201 e. The minimum atomic E-state index is 0.107. The molecule has 0 spiro atoms. The first-order valence-electron chi connectivity index (χ1n) is 6.20. The molecule has 1 aromatic carbocycles. The lowest BCUT2D eigenvalue weighted by molar-refractivity contribution is 0.0890. The van der Waals surface area contributed by atoms with E-state index in [1.54, 1.807) is 0 Å². The summed E-state index contributed by atoms with van der Waals surface area (Å²) in [5, 5.41) is 1.02. The van der Waals surface area contributed by atoms with Crippen LogP contribution in [0.1, 0.15) is 35.9 Å². The normalized spacial score (nSPS) is 17.3. The fourth-order valence-electron chi connectivity index (χ4n) is 2.37. The van der Waals surface area contributed by atoms with E-state index in [1.807, 2.05) is 38.1 Å². The number of Topliss-reactive ketones (excluding diaryl/α,β-unsaturated/α-hetero) is 1. The van der Waals surface area contributed by atoms with Crippen molar-refractivity contribution in [1.29, 1.82) is 0 Å². The van der Waals surface area contributed by atoms with E-state index in [-0.39, 0.29) is 11.7 Å². The molecule has 0 radical (unpaired) electrons. The van der Waals surface area contributed by atoms with E-state index in [0.29, 0.717) is 11.7 Å². The molecule has 2 heteroatoms. The second-order valence-corrected chi connectivity index (χ2v) is 5.09. The fourth-order valence-corrected chi connectivity index (χ4v) is 2.37. The van der Waals surface area contributed by atoms with Crippen molar-refractivity contribution < 1.29 is 9.21 Å². The van der Waals surface area contributed by atoms with Crippen LogP contribution in [-0.2, 0) is 0 Å². The molecule has 1 heterocycles. The van der Waals surface area contributed by atoms with Crippen molar-refractivity contribution >= 4 is 16.8 Å². The molecule has 0 saturated heterocycles. The molecular weight excluding hydrogens is 212 g/mol. The predicted molar refractivity (Wildman–Crippen MR) is 67.2 cm³/mol. The van der Waals surface area contributed by atoms with Gasteiger partial charge in [0, 0.05) is 11.3 Å².